The zero-order chi connectivity index (χ0) is 26.4. The minimum absolute atomic E-state index is 0.116. The molecule has 0 fully saturated rings. The number of aromatic nitrogens is 1. The Labute approximate surface area is 217 Å². The van der Waals surface area contributed by atoms with Crippen molar-refractivity contribution in [1.82, 2.24) is 14.8 Å². The molecule has 0 unspecified atom stereocenters. The molecule has 7 heteroatoms. The van der Waals surface area contributed by atoms with E-state index in [4.69, 9.17) is 4.74 Å². The van der Waals surface area contributed by atoms with E-state index in [9.17, 15) is 14.7 Å². The normalized spacial score (nSPS) is 17.8. The Bertz CT molecular complexity index is 1300. The maximum atomic E-state index is 13.6. The number of hydrogen-bond acceptors (Lipinski definition) is 5. The predicted octanol–water partition coefficient (Wildman–Crippen LogP) is 3.47. The molecular weight excluding hydrogens is 466 g/mol. The first-order valence-electron chi connectivity index (χ1n) is 12.3. The zero-order valence-electron chi connectivity index (χ0n) is 21.3. The van der Waals surface area contributed by atoms with Crippen LogP contribution in [0.4, 0.5) is 0 Å². The number of fused-ring (bicyclic) bond motifs is 1. The van der Waals surface area contributed by atoms with Crippen molar-refractivity contribution in [2.75, 3.05) is 26.7 Å². The van der Waals surface area contributed by atoms with E-state index < -0.39 is 12.1 Å². The third-order valence-corrected chi connectivity index (χ3v) is 6.47. The van der Waals surface area contributed by atoms with Crippen LogP contribution in [-0.2, 0) is 0 Å². The minimum atomic E-state index is -0.424. The SMILES string of the molecule is C[C@H](CO)N1C[C@H](C)[C@@H](CN(C)C(=O)c2ccccc2)Oc2ncc(C#Cc3ccccc3)cc2C1=O. The first-order valence-corrected chi connectivity index (χ1v) is 12.3. The van der Waals surface area contributed by atoms with Crippen LogP contribution >= 0.6 is 0 Å². The number of pyridine rings is 1. The van der Waals surface area contributed by atoms with Crippen LogP contribution in [-0.4, -0.2) is 70.6 Å². The molecule has 37 heavy (non-hydrogen) atoms. The highest BCUT2D eigenvalue weighted by Gasteiger charge is 2.34. The maximum Gasteiger partial charge on any atom is 0.259 e. The molecular formula is C30H31N3O4. The molecule has 1 aliphatic heterocycles. The number of aliphatic hydroxyl groups is 1. The third-order valence-electron chi connectivity index (χ3n) is 6.47. The molecule has 0 bridgehead atoms. The summed E-state index contributed by atoms with van der Waals surface area (Å²) >= 11 is 0. The Kier molecular flexibility index (Phi) is 8.22. The van der Waals surface area contributed by atoms with Gasteiger partial charge in [0.2, 0.25) is 5.88 Å². The van der Waals surface area contributed by atoms with Gasteiger partial charge in [-0.2, -0.15) is 0 Å². The Hall–Kier alpha value is -4.15. The van der Waals surface area contributed by atoms with Crippen molar-refractivity contribution >= 4 is 11.8 Å². The summed E-state index contributed by atoms with van der Waals surface area (Å²) in [6, 6.07) is 19.9. The summed E-state index contributed by atoms with van der Waals surface area (Å²) in [6.07, 6.45) is 1.16. The van der Waals surface area contributed by atoms with Gasteiger partial charge in [0, 0.05) is 42.4 Å². The molecule has 190 valence electrons. The molecule has 0 saturated heterocycles. The molecule has 2 heterocycles. The van der Waals surface area contributed by atoms with Crippen molar-refractivity contribution in [3.05, 3.63) is 95.2 Å². The standard InChI is InChI=1S/C30H31N3O4/c1-21-18-33(22(2)20-34)30(36)26-16-24(15-14-23-10-6-4-7-11-23)17-31-28(26)37-27(21)19-32(3)29(35)25-12-8-5-9-13-25/h4-13,16-17,21-22,27,34H,18-20H2,1-3H3/t21-,22+,27+/m0/s1. The topological polar surface area (TPSA) is 83.0 Å². The number of aliphatic hydroxyl groups excluding tert-OH is 1. The Morgan fingerprint density at radius 3 is 2.46 bits per heavy atom. The number of nitrogens with zero attached hydrogens (tertiary/aromatic N) is 3. The second-order valence-corrected chi connectivity index (χ2v) is 9.37. The minimum Gasteiger partial charge on any atom is -0.472 e. The number of benzene rings is 2. The average molecular weight is 498 g/mol. The van der Waals surface area contributed by atoms with Crippen LogP contribution in [0.5, 0.6) is 5.88 Å². The predicted molar refractivity (Wildman–Crippen MR) is 141 cm³/mol. The lowest BCUT2D eigenvalue weighted by Crippen LogP contribution is -2.50. The molecule has 4 rings (SSSR count). The zero-order valence-corrected chi connectivity index (χ0v) is 21.3. The molecule has 3 atom stereocenters. The second-order valence-electron chi connectivity index (χ2n) is 9.37. The Morgan fingerprint density at radius 1 is 1.14 bits per heavy atom. The van der Waals surface area contributed by atoms with E-state index in [0.717, 1.165) is 5.56 Å². The van der Waals surface area contributed by atoms with Gasteiger partial charge >= 0.3 is 0 Å². The van der Waals surface area contributed by atoms with Crippen molar-refractivity contribution in [3.8, 4) is 17.7 Å². The van der Waals surface area contributed by atoms with Crippen LogP contribution in [0.15, 0.2) is 72.9 Å². The summed E-state index contributed by atoms with van der Waals surface area (Å²) in [5.74, 6) is 5.84. The molecule has 2 amide bonds. The summed E-state index contributed by atoms with van der Waals surface area (Å²) in [5, 5.41) is 9.86. The van der Waals surface area contributed by atoms with E-state index in [-0.39, 0.29) is 35.8 Å². The number of rotatable bonds is 5. The van der Waals surface area contributed by atoms with Gasteiger partial charge < -0.3 is 19.6 Å². The Morgan fingerprint density at radius 2 is 1.78 bits per heavy atom. The van der Waals surface area contributed by atoms with Crippen molar-refractivity contribution < 1.29 is 19.4 Å². The van der Waals surface area contributed by atoms with Gasteiger partial charge in [-0.25, -0.2) is 4.98 Å². The van der Waals surface area contributed by atoms with Gasteiger partial charge in [0.15, 0.2) is 0 Å². The van der Waals surface area contributed by atoms with Gasteiger partial charge in [-0.05, 0) is 37.3 Å². The van der Waals surface area contributed by atoms with Gasteiger partial charge in [0.1, 0.15) is 11.7 Å². The maximum absolute atomic E-state index is 13.6. The summed E-state index contributed by atoms with van der Waals surface area (Å²) in [7, 11) is 1.74. The van der Waals surface area contributed by atoms with E-state index in [0.29, 0.717) is 24.2 Å². The van der Waals surface area contributed by atoms with Gasteiger partial charge in [-0.15, -0.1) is 0 Å². The quantitative estimate of drug-likeness (QED) is 0.546. The van der Waals surface area contributed by atoms with Gasteiger partial charge in [0.25, 0.3) is 11.8 Å². The highest BCUT2D eigenvalue weighted by Crippen LogP contribution is 2.27. The van der Waals surface area contributed by atoms with E-state index >= 15 is 0 Å². The van der Waals surface area contributed by atoms with Gasteiger partial charge in [-0.3, -0.25) is 9.59 Å². The van der Waals surface area contributed by atoms with E-state index in [1.165, 1.54) is 0 Å². The van der Waals surface area contributed by atoms with Crippen LogP contribution in [0.2, 0.25) is 0 Å². The van der Waals surface area contributed by atoms with Crippen molar-refractivity contribution in [1.29, 1.82) is 0 Å². The molecule has 0 saturated carbocycles. The second kappa shape index (κ2) is 11.7. The monoisotopic (exact) mass is 497 g/mol. The molecule has 1 aliphatic rings. The van der Waals surface area contributed by atoms with E-state index in [2.05, 4.69) is 16.8 Å². The third kappa shape index (κ3) is 6.16. The van der Waals surface area contributed by atoms with Crippen LogP contribution < -0.4 is 4.74 Å². The van der Waals surface area contributed by atoms with Crippen molar-refractivity contribution in [3.63, 3.8) is 0 Å². The molecule has 1 N–H and O–H groups in total. The van der Waals surface area contributed by atoms with Crippen molar-refractivity contribution in [2.24, 2.45) is 5.92 Å². The summed E-state index contributed by atoms with van der Waals surface area (Å²) in [4.78, 5) is 34.3. The highest BCUT2D eigenvalue weighted by atomic mass is 16.5. The number of likely N-dealkylation sites (N-methyl/N-ethyl adjacent to an activating group) is 1. The molecule has 0 radical (unpaired) electrons. The first kappa shape index (κ1) is 25.9. The summed E-state index contributed by atoms with van der Waals surface area (Å²) in [5.41, 5.74) is 2.31. The fourth-order valence-corrected chi connectivity index (χ4v) is 4.21. The van der Waals surface area contributed by atoms with E-state index in [1.807, 2.05) is 55.5 Å². The molecule has 2 aromatic carbocycles. The fraction of sp³-hybridized carbons (Fsp3) is 0.300. The molecule has 3 aromatic rings. The average Bonchev–Trinajstić information content (AvgIpc) is 2.94. The van der Waals surface area contributed by atoms with Gasteiger partial charge in [0.05, 0.1) is 19.2 Å². The first-order chi connectivity index (χ1) is 17.9. The van der Waals surface area contributed by atoms with Crippen molar-refractivity contribution in [2.45, 2.75) is 26.0 Å². The van der Waals surface area contributed by atoms with Crippen LogP contribution in [0.1, 0.15) is 45.7 Å². The lowest BCUT2D eigenvalue weighted by molar-refractivity contribution is 0.0313. The number of carbonyl (C=O) groups is 2. The number of amides is 2. The fourth-order valence-electron chi connectivity index (χ4n) is 4.21. The largest absolute Gasteiger partial charge is 0.472 e. The highest BCUT2D eigenvalue weighted by molar-refractivity contribution is 5.97. The van der Waals surface area contributed by atoms with Crippen LogP contribution in [0, 0.1) is 17.8 Å². The molecule has 0 aliphatic carbocycles. The van der Waals surface area contributed by atoms with Gasteiger partial charge in [-0.1, -0.05) is 55.2 Å². The molecule has 7 nitrogen and oxygen atoms in total. The summed E-state index contributed by atoms with van der Waals surface area (Å²) in [6.45, 7) is 4.27. The summed E-state index contributed by atoms with van der Waals surface area (Å²) < 4.78 is 6.29. The number of hydrogen-bond donors (Lipinski definition) is 1. The number of carbonyl (C=O) groups excluding carboxylic acids is 2. The van der Waals surface area contributed by atoms with E-state index in [1.54, 1.807) is 48.2 Å². The van der Waals surface area contributed by atoms with Crippen LogP contribution in [0.3, 0.4) is 0 Å². The molecule has 1 aromatic heterocycles. The number of ether oxygens (including phenoxy) is 1. The molecule has 0 spiro atoms. The lowest BCUT2D eigenvalue weighted by Gasteiger charge is -2.37. The van der Waals surface area contributed by atoms with Crippen LogP contribution in [0.25, 0.3) is 0 Å². The smallest absolute Gasteiger partial charge is 0.259 e. The Balaban J connectivity index is 1.65. The lowest BCUT2D eigenvalue weighted by atomic mass is 9.99.